The maximum atomic E-state index is 11.9. The Morgan fingerprint density at radius 2 is 2.33 bits per heavy atom. The van der Waals surface area contributed by atoms with E-state index >= 15 is 0 Å². The second kappa shape index (κ2) is 6.03. The Labute approximate surface area is 124 Å². The third kappa shape index (κ3) is 3.04. The van der Waals surface area contributed by atoms with Gasteiger partial charge in [0.2, 0.25) is 5.91 Å². The molecule has 0 bridgehead atoms. The van der Waals surface area contributed by atoms with Crippen LogP contribution in [0.15, 0.2) is 18.2 Å². The number of hydrogen-bond acceptors (Lipinski definition) is 4. The average molecular weight is 291 g/mol. The van der Waals surface area contributed by atoms with Crippen molar-refractivity contribution in [3.63, 3.8) is 0 Å². The van der Waals surface area contributed by atoms with Crippen LogP contribution in [0.1, 0.15) is 30.0 Å². The Balaban J connectivity index is 1.79. The Hall–Kier alpha value is -1.59. The van der Waals surface area contributed by atoms with Crippen molar-refractivity contribution in [1.29, 1.82) is 0 Å². The molecule has 3 rings (SSSR count). The summed E-state index contributed by atoms with van der Waals surface area (Å²) in [6.07, 6.45) is 2.13. The highest BCUT2D eigenvalue weighted by molar-refractivity contribution is 5.77. The van der Waals surface area contributed by atoms with Crippen LogP contribution in [0.25, 0.3) is 0 Å². The van der Waals surface area contributed by atoms with Gasteiger partial charge in [0.25, 0.3) is 0 Å². The molecule has 0 saturated heterocycles. The van der Waals surface area contributed by atoms with E-state index in [4.69, 9.17) is 9.47 Å². The lowest BCUT2D eigenvalue weighted by atomic mass is 9.75. The minimum Gasteiger partial charge on any atom is -0.493 e. The normalized spacial score (nSPS) is 24.7. The SMILES string of the molecule is COCC(=O)N[C@@H](c1ccc2c(c1)CCO2)C1CC(O)C1. The predicted octanol–water partition coefficient (Wildman–Crippen LogP) is 1.20. The van der Waals surface area contributed by atoms with E-state index in [2.05, 4.69) is 11.4 Å². The van der Waals surface area contributed by atoms with E-state index in [1.807, 2.05) is 12.1 Å². The van der Waals surface area contributed by atoms with Gasteiger partial charge in [-0.3, -0.25) is 4.79 Å². The molecule has 5 heteroatoms. The van der Waals surface area contributed by atoms with Gasteiger partial charge in [-0.15, -0.1) is 0 Å². The van der Waals surface area contributed by atoms with Crippen molar-refractivity contribution in [3.05, 3.63) is 29.3 Å². The fourth-order valence-electron chi connectivity index (χ4n) is 3.12. The molecule has 1 atom stereocenters. The van der Waals surface area contributed by atoms with Crippen molar-refractivity contribution in [2.45, 2.75) is 31.4 Å². The molecule has 1 saturated carbocycles. The summed E-state index contributed by atoms with van der Waals surface area (Å²) in [7, 11) is 1.51. The van der Waals surface area contributed by atoms with Gasteiger partial charge in [0, 0.05) is 13.5 Å². The smallest absolute Gasteiger partial charge is 0.246 e. The molecule has 2 N–H and O–H groups in total. The molecular formula is C16H21NO4. The maximum absolute atomic E-state index is 11.9. The van der Waals surface area contributed by atoms with Crippen molar-refractivity contribution < 1.29 is 19.4 Å². The summed E-state index contributed by atoms with van der Waals surface area (Å²) in [4.78, 5) is 11.9. The maximum Gasteiger partial charge on any atom is 0.246 e. The molecule has 1 aromatic carbocycles. The Morgan fingerprint density at radius 1 is 1.52 bits per heavy atom. The minimum atomic E-state index is -0.241. The number of methoxy groups -OCH3 is 1. The molecule has 1 aliphatic heterocycles. The minimum absolute atomic E-state index is 0.0554. The van der Waals surface area contributed by atoms with E-state index in [0.717, 1.165) is 37.2 Å². The van der Waals surface area contributed by atoms with Crippen molar-refractivity contribution in [3.8, 4) is 5.75 Å². The van der Waals surface area contributed by atoms with Crippen molar-refractivity contribution in [2.75, 3.05) is 20.3 Å². The Kier molecular flexibility index (Phi) is 4.12. The first-order chi connectivity index (χ1) is 10.2. The van der Waals surface area contributed by atoms with Crippen LogP contribution in [0.4, 0.5) is 0 Å². The van der Waals surface area contributed by atoms with Gasteiger partial charge >= 0.3 is 0 Å². The molecular weight excluding hydrogens is 270 g/mol. The number of ether oxygens (including phenoxy) is 2. The number of aliphatic hydroxyl groups is 1. The molecule has 21 heavy (non-hydrogen) atoms. The quantitative estimate of drug-likeness (QED) is 0.855. The number of nitrogens with one attached hydrogen (secondary N) is 1. The number of aliphatic hydroxyl groups excluding tert-OH is 1. The molecule has 1 amide bonds. The molecule has 0 spiro atoms. The van der Waals surface area contributed by atoms with E-state index in [0.29, 0.717) is 0 Å². The zero-order valence-electron chi connectivity index (χ0n) is 12.2. The lowest BCUT2D eigenvalue weighted by Crippen LogP contribution is -2.42. The van der Waals surface area contributed by atoms with Gasteiger partial charge in [-0.1, -0.05) is 6.07 Å². The Bertz CT molecular complexity index is 525. The molecule has 114 valence electrons. The summed E-state index contributed by atoms with van der Waals surface area (Å²) < 4.78 is 10.4. The highest BCUT2D eigenvalue weighted by Gasteiger charge is 2.36. The van der Waals surface area contributed by atoms with E-state index in [9.17, 15) is 9.90 Å². The molecule has 0 aromatic heterocycles. The summed E-state index contributed by atoms with van der Waals surface area (Å²) >= 11 is 0. The third-order valence-electron chi connectivity index (χ3n) is 4.29. The first-order valence-electron chi connectivity index (χ1n) is 7.39. The monoisotopic (exact) mass is 291 g/mol. The standard InChI is InChI=1S/C16H21NO4/c1-20-9-15(19)17-16(12-7-13(18)8-12)11-2-3-14-10(6-11)4-5-21-14/h2-3,6,12-13,16,18H,4-5,7-9H2,1H3,(H,17,19)/t12?,13?,16-/m0/s1. The largest absolute Gasteiger partial charge is 0.493 e. The molecule has 1 heterocycles. The average Bonchev–Trinajstić information content (AvgIpc) is 2.89. The number of rotatable bonds is 5. The zero-order valence-corrected chi connectivity index (χ0v) is 12.2. The number of carbonyl (C=O) groups excluding carboxylic acids is 1. The fourth-order valence-corrected chi connectivity index (χ4v) is 3.12. The van der Waals surface area contributed by atoms with E-state index < -0.39 is 0 Å². The van der Waals surface area contributed by atoms with Gasteiger partial charge in [0.15, 0.2) is 0 Å². The van der Waals surface area contributed by atoms with E-state index in [1.165, 1.54) is 12.7 Å². The predicted molar refractivity (Wildman–Crippen MR) is 77.1 cm³/mol. The van der Waals surface area contributed by atoms with Gasteiger partial charge in [0.05, 0.1) is 18.8 Å². The Morgan fingerprint density at radius 3 is 3.05 bits per heavy atom. The first-order valence-corrected chi connectivity index (χ1v) is 7.39. The van der Waals surface area contributed by atoms with Crippen LogP contribution in [-0.2, 0) is 16.0 Å². The number of hydrogen-bond donors (Lipinski definition) is 2. The topological polar surface area (TPSA) is 67.8 Å². The molecule has 1 aliphatic carbocycles. The third-order valence-corrected chi connectivity index (χ3v) is 4.29. The van der Waals surface area contributed by atoms with Gasteiger partial charge in [0.1, 0.15) is 12.4 Å². The molecule has 1 aromatic rings. The second-order valence-corrected chi connectivity index (χ2v) is 5.83. The van der Waals surface area contributed by atoms with E-state index in [1.54, 1.807) is 0 Å². The molecule has 5 nitrogen and oxygen atoms in total. The van der Waals surface area contributed by atoms with Crippen molar-refractivity contribution >= 4 is 5.91 Å². The van der Waals surface area contributed by atoms with Gasteiger partial charge in [-0.2, -0.15) is 0 Å². The van der Waals surface area contributed by atoms with Crippen LogP contribution in [-0.4, -0.2) is 37.4 Å². The highest BCUT2D eigenvalue weighted by Crippen LogP contribution is 2.39. The van der Waals surface area contributed by atoms with Crippen LogP contribution < -0.4 is 10.1 Å². The summed E-state index contributed by atoms with van der Waals surface area (Å²) in [6, 6.07) is 6.03. The number of amides is 1. The molecule has 0 radical (unpaired) electrons. The van der Waals surface area contributed by atoms with Crippen LogP contribution in [0, 0.1) is 5.92 Å². The summed E-state index contributed by atoms with van der Waals surface area (Å²) in [5.74, 6) is 1.09. The summed E-state index contributed by atoms with van der Waals surface area (Å²) in [5, 5.41) is 12.6. The molecule has 1 fully saturated rings. The van der Waals surface area contributed by atoms with Gasteiger partial charge in [-0.25, -0.2) is 0 Å². The van der Waals surface area contributed by atoms with Crippen LogP contribution in [0.3, 0.4) is 0 Å². The highest BCUT2D eigenvalue weighted by atomic mass is 16.5. The van der Waals surface area contributed by atoms with Gasteiger partial charge < -0.3 is 19.9 Å². The number of fused-ring (bicyclic) bond motifs is 1. The zero-order chi connectivity index (χ0) is 14.8. The van der Waals surface area contributed by atoms with Crippen molar-refractivity contribution in [1.82, 2.24) is 5.32 Å². The summed E-state index contributed by atoms with van der Waals surface area (Å²) in [6.45, 7) is 0.779. The van der Waals surface area contributed by atoms with E-state index in [-0.39, 0.29) is 30.6 Å². The second-order valence-electron chi connectivity index (χ2n) is 5.83. The fraction of sp³-hybridized carbons (Fsp3) is 0.562. The lowest BCUT2D eigenvalue weighted by molar-refractivity contribution is -0.126. The molecule has 2 aliphatic rings. The van der Waals surface area contributed by atoms with Gasteiger partial charge in [-0.05, 0) is 42.0 Å². The molecule has 0 unspecified atom stereocenters. The summed E-state index contributed by atoms with van der Waals surface area (Å²) in [5.41, 5.74) is 2.28. The lowest BCUT2D eigenvalue weighted by Gasteiger charge is -2.38. The van der Waals surface area contributed by atoms with Crippen LogP contribution in [0.2, 0.25) is 0 Å². The number of benzene rings is 1. The number of carbonyl (C=O) groups is 1. The van der Waals surface area contributed by atoms with Crippen molar-refractivity contribution in [2.24, 2.45) is 5.92 Å². The van der Waals surface area contributed by atoms with Crippen LogP contribution in [0.5, 0.6) is 5.75 Å². The first kappa shape index (κ1) is 14.4. The van der Waals surface area contributed by atoms with Crippen LogP contribution >= 0.6 is 0 Å².